The number of nitrogens with zero attached hydrogens (tertiary/aromatic N) is 2. The number of fused-ring (bicyclic) bond motifs is 1. The van der Waals surface area contributed by atoms with Crippen molar-refractivity contribution in [2.75, 3.05) is 5.32 Å². The fourth-order valence-electron chi connectivity index (χ4n) is 2.66. The molecule has 0 aliphatic rings. The number of anilines is 1. The molecular weight excluding hydrogens is 362 g/mol. The van der Waals surface area contributed by atoms with Crippen LogP contribution in [0.25, 0.3) is 10.9 Å². The maximum absolute atomic E-state index is 12.4. The van der Waals surface area contributed by atoms with Crippen LogP contribution in [0.1, 0.15) is 22.4 Å². The van der Waals surface area contributed by atoms with Gasteiger partial charge in [-0.25, -0.2) is 10.3 Å². The van der Waals surface area contributed by atoms with Crippen molar-refractivity contribution in [1.82, 2.24) is 9.97 Å². The SMILES string of the molecule is Cc1ccc(S(=O)(=O)[NH+]=C(N)Nc2nc(C)c3cc(C)c(C)cc3n2)cc1. The zero-order valence-electron chi connectivity index (χ0n) is 15.7. The fourth-order valence-corrected chi connectivity index (χ4v) is 3.62. The van der Waals surface area contributed by atoms with Crippen LogP contribution in [-0.4, -0.2) is 24.3 Å². The molecule has 0 saturated heterocycles. The molecule has 7 nitrogen and oxygen atoms in total. The molecule has 0 radical (unpaired) electrons. The van der Waals surface area contributed by atoms with Gasteiger partial charge in [-0.3, -0.25) is 5.73 Å². The van der Waals surface area contributed by atoms with Crippen LogP contribution in [0.2, 0.25) is 0 Å². The molecule has 0 fully saturated rings. The van der Waals surface area contributed by atoms with Gasteiger partial charge in [0, 0.05) is 5.39 Å². The van der Waals surface area contributed by atoms with Crippen molar-refractivity contribution in [3.63, 3.8) is 0 Å². The number of guanidine groups is 1. The third kappa shape index (κ3) is 4.06. The summed E-state index contributed by atoms with van der Waals surface area (Å²) in [4.78, 5) is 8.93. The van der Waals surface area contributed by atoms with Crippen LogP contribution in [0.3, 0.4) is 0 Å². The van der Waals surface area contributed by atoms with E-state index in [1.54, 1.807) is 12.1 Å². The molecule has 0 aliphatic carbocycles. The second-order valence-electron chi connectivity index (χ2n) is 6.54. The van der Waals surface area contributed by atoms with E-state index >= 15 is 0 Å². The number of rotatable bonds is 3. The lowest BCUT2D eigenvalue weighted by atomic mass is 10.1. The van der Waals surface area contributed by atoms with E-state index in [-0.39, 0.29) is 16.8 Å². The van der Waals surface area contributed by atoms with E-state index in [0.717, 1.165) is 33.3 Å². The normalized spacial score (nSPS) is 12.4. The lowest BCUT2D eigenvalue weighted by Crippen LogP contribution is -2.80. The highest BCUT2D eigenvalue weighted by Gasteiger charge is 2.17. The first-order chi connectivity index (χ1) is 12.7. The van der Waals surface area contributed by atoms with Crippen molar-refractivity contribution in [2.45, 2.75) is 32.6 Å². The number of sulfonamides is 1. The van der Waals surface area contributed by atoms with Crippen LogP contribution in [0.4, 0.5) is 5.95 Å². The van der Waals surface area contributed by atoms with E-state index in [1.165, 1.54) is 12.1 Å². The minimum Gasteiger partial charge on any atom is -0.290 e. The molecule has 0 atom stereocenters. The van der Waals surface area contributed by atoms with Gasteiger partial charge in [0.25, 0.3) is 5.95 Å². The van der Waals surface area contributed by atoms with Gasteiger partial charge in [0.1, 0.15) is 4.90 Å². The van der Waals surface area contributed by atoms with Crippen LogP contribution in [0.5, 0.6) is 0 Å². The Labute approximate surface area is 158 Å². The molecular formula is C19H22N5O2S+. The van der Waals surface area contributed by atoms with E-state index in [9.17, 15) is 8.42 Å². The molecule has 0 spiro atoms. The average Bonchev–Trinajstić information content (AvgIpc) is 2.56. The third-order valence-corrected chi connectivity index (χ3v) is 5.71. The number of hydrogen-bond donors (Lipinski definition) is 3. The molecule has 3 aromatic rings. The summed E-state index contributed by atoms with van der Waals surface area (Å²) in [6.07, 6.45) is 0. The number of nitrogens with one attached hydrogen (secondary N) is 2. The summed E-state index contributed by atoms with van der Waals surface area (Å²) in [5.74, 6) is 0.0607. The van der Waals surface area contributed by atoms with Crippen LogP contribution in [-0.2, 0) is 10.0 Å². The summed E-state index contributed by atoms with van der Waals surface area (Å²) >= 11 is 0. The van der Waals surface area contributed by atoms with Gasteiger partial charge in [0.2, 0.25) is 0 Å². The molecule has 4 N–H and O–H groups in total. The van der Waals surface area contributed by atoms with Crippen LogP contribution >= 0.6 is 0 Å². The van der Waals surface area contributed by atoms with Crippen molar-refractivity contribution in [1.29, 1.82) is 0 Å². The molecule has 0 aliphatic heterocycles. The molecule has 0 amide bonds. The molecule has 8 heteroatoms. The summed E-state index contributed by atoms with van der Waals surface area (Å²) in [6, 6.07) is 10.5. The second-order valence-corrected chi connectivity index (χ2v) is 8.23. The highest BCUT2D eigenvalue weighted by molar-refractivity contribution is 7.84. The summed E-state index contributed by atoms with van der Waals surface area (Å²) in [6.45, 7) is 7.80. The predicted molar refractivity (Wildman–Crippen MR) is 106 cm³/mol. The zero-order valence-corrected chi connectivity index (χ0v) is 16.5. The lowest BCUT2D eigenvalue weighted by Gasteiger charge is -2.07. The summed E-state index contributed by atoms with van der Waals surface area (Å²) in [7, 11) is -3.79. The van der Waals surface area contributed by atoms with Gasteiger partial charge in [-0.2, -0.15) is 17.8 Å². The first-order valence-corrected chi connectivity index (χ1v) is 9.88. The third-order valence-electron chi connectivity index (χ3n) is 4.32. The van der Waals surface area contributed by atoms with Crippen LogP contribution in [0.15, 0.2) is 41.3 Å². The van der Waals surface area contributed by atoms with Gasteiger partial charge in [-0.1, -0.05) is 17.7 Å². The summed E-state index contributed by atoms with van der Waals surface area (Å²) in [5, 5.41) is 3.67. The van der Waals surface area contributed by atoms with E-state index in [2.05, 4.69) is 19.7 Å². The Bertz CT molecular complexity index is 1150. The summed E-state index contributed by atoms with van der Waals surface area (Å²) < 4.78 is 27.1. The smallest absolute Gasteiger partial charge is 0.290 e. The zero-order chi connectivity index (χ0) is 19.8. The van der Waals surface area contributed by atoms with Gasteiger partial charge in [0.15, 0.2) is 0 Å². The number of aryl methyl sites for hydroxylation is 4. The van der Waals surface area contributed by atoms with Crippen LogP contribution in [0, 0.1) is 27.7 Å². The molecule has 27 heavy (non-hydrogen) atoms. The minimum absolute atomic E-state index is 0.125. The van der Waals surface area contributed by atoms with Gasteiger partial charge in [-0.05, 0) is 63.1 Å². The van der Waals surface area contributed by atoms with Gasteiger partial charge >= 0.3 is 16.0 Å². The van der Waals surface area contributed by atoms with E-state index in [1.807, 2.05) is 39.8 Å². The number of aromatic nitrogens is 2. The first kappa shape index (κ1) is 18.8. The number of hydrogen-bond acceptors (Lipinski definition) is 4. The van der Waals surface area contributed by atoms with Crippen LogP contribution < -0.4 is 15.4 Å². The standard InChI is InChI=1S/C19H21N5O2S/c1-11-5-7-15(8-6-11)27(25,26)24-18(20)23-19-21-14(4)16-9-12(2)13(3)10-17(16)22-19/h5-10H,1-4H3,(H3,20,21,22,23,24)/p+1. The average molecular weight is 384 g/mol. The Balaban J connectivity index is 1.93. The molecule has 0 unspecified atom stereocenters. The van der Waals surface area contributed by atoms with Gasteiger partial charge in [-0.15, -0.1) is 0 Å². The Morgan fingerprint density at radius 1 is 1.00 bits per heavy atom. The Morgan fingerprint density at radius 3 is 2.30 bits per heavy atom. The van der Waals surface area contributed by atoms with Crippen molar-refractivity contribution in [3.05, 3.63) is 58.8 Å². The minimum atomic E-state index is -3.79. The van der Waals surface area contributed by atoms with E-state index < -0.39 is 10.0 Å². The predicted octanol–water partition coefficient (Wildman–Crippen LogP) is 1.06. The Hall–Kier alpha value is -3.00. The summed E-state index contributed by atoms with van der Waals surface area (Å²) in [5.41, 5.74) is 10.6. The van der Waals surface area contributed by atoms with Crippen molar-refractivity contribution >= 4 is 32.8 Å². The highest BCUT2D eigenvalue weighted by atomic mass is 32.2. The topological polar surface area (TPSA) is 112 Å². The van der Waals surface area contributed by atoms with Gasteiger partial charge in [0.05, 0.1) is 11.2 Å². The molecule has 2 aromatic carbocycles. The molecule has 140 valence electrons. The van der Waals surface area contributed by atoms with Gasteiger partial charge < -0.3 is 0 Å². The molecule has 3 rings (SSSR count). The van der Waals surface area contributed by atoms with Crippen molar-refractivity contribution in [2.24, 2.45) is 5.73 Å². The maximum atomic E-state index is 12.4. The van der Waals surface area contributed by atoms with Crippen molar-refractivity contribution in [3.8, 4) is 0 Å². The number of nitrogens with two attached hydrogens (primary N) is 1. The van der Waals surface area contributed by atoms with Crippen molar-refractivity contribution < 1.29 is 12.8 Å². The Morgan fingerprint density at radius 2 is 1.63 bits per heavy atom. The number of benzene rings is 2. The fraction of sp³-hybridized carbons (Fsp3) is 0.211. The largest absolute Gasteiger partial charge is 0.363 e. The van der Waals surface area contributed by atoms with E-state index in [4.69, 9.17) is 5.73 Å². The second kappa shape index (κ2) is 6.96. The molecule has 0 saturated carbocycles. The first-order valence-electron chi connectivity index (χ1n) is 8.40. The Kier molecular flexibility index (Phi) is 4.84. The molecule has 1 heterocycles. The maximum Gasteiger partial charge on any atom is 0.363 e. The molecule has 0 bridgehead atoms. The highest BCUT2D eigenvalue weighted by Crippen LogP contribution is 2.21. The quantitative estimate of drug-likeness (QED) is 0.460. The van der Waals surface area contributed by atoms with E-state index in [0.29, 0.717) is 0 Å². The monoisotopic (exact) mass is 384 g/mol. The lowest BCUT2D eigenvalue weighted by molar-refractivity contribution is -0.268. The molecule has 1 aromatic heterocycles.